The van der Waals surface area contributed by atoms with Crippen molar-refractivity contribution in [3.05, 3.63) is 70.8 Å². The zero-order valence-electron chi connectivity index (χ0n) is 15.2. The van der Waals surface area contributed by atoms with Gasteiger partial charge in [0.25, 0.3) is 0 Å². The molecule has 0 saturated carbocycles. The lowest BCUT2D eigenvalue weighted by atomic mass is 9.86. The molecule has 0 spiro atoms. The van der Waals surface area contributed by atoms with Crippen LogP contribution in [0.4, 0.5) is 13.2 Å². The molecule has 0 saturated heterocycles. The first-order chi connectivity index (χ1) is 11.6. The first kappa shape index (κ1) is 19.5. The van der Waals surface area contributed by atoms with Crippen molar-refractivity contribution in [3.8, 4) is 0 Å². The fourth-order valence-electron chi connectivity index (χ4n) is 2.73. The van der Waals surface area contributed by atoms with Crippen LogP contribution in [0.1, 0.15) is 56.0 Å². The van der Waals surface area contributed by atoms with Gasteiger partial charge in [0.2, 0.25) is 0 Å². The van der Waals surface area contributed by atoms with Gasteiger partial charge in [0.05, 0.1) is 5.56 Å². The second-order valence-corrected chi connectivity index (χ2v) is 7.50. The molecule has 1 nitrogen and oxygen atoms in total. The number of hydrogen-bond donors (Lipinski definition) is 1. The van der Waals surface area contributed by atoms with E-state index in [1.54, 1.807) is 6.07 Å². The highest BCUT2D eigenvalue weighted by molar-refractivity contribution is 5.29. The smallest absolute Gasteiger partial charge is 0.310 e. The maximum atomic E-state index is 12.7. The Balaban J connectivity index is 1.91. The monoisotopic (exact) mass is 349 g/mol. The average molecular weight is 349 g/mol. The molecule has 0 aliphatic carbocycles. The van der Waals surface area contributed by atoms with Gasteiger partial charge in [0.1, 0.15) is 0 Å². The maximum absolute atomic E-state index is 12.7. The SMILES string of the molecule is CC(NCCc1cccc(C(F)(F)F)c1)c1ccc(C(C)(C)C)cc1. The number of alkyl halides is 3. The number of hydrogen-bond acceptors (Lipinski definition) is 1. The number of benzene rings is 2. The van der Waals surface area contributed by atoms with E-state index in [2.05, 4.69) is 57.3 Å². The van der Waals surface area contributed by atoms with Crippen molar-refractivity contribution < 1.29 is 13.2 Å². The first-order valence-corrected chi connectivity index (χ1v) is 8.57. The summed E-state index contributed by atoms with van der Waals surface area (Å²) in [5.74, 6) is 0. The van der Waals surface area contributed by atoms with Crippen molar-refractivity contribution in [2.75, 3.05) is 6.54 Å². The Morgan fingerprint density at radius 3 is 2.12 bits per heavy atom. The molecule has 25 heavy (non-hydrogen) atoms. The molecule has 0 bridgehead atoms. The summed E-state index contributed by atoms with van der Waals surface area (Å²) in [6.45, 7) is 9.23. The second kappa shape index (κ2) is 7.61. The van der Waals surface area contributed by atoms with Gasteiger partial charge in [-0.2, -0.15) is 13.2 Å². The van der Waals surface area contributed by atoms with Crippen LogP contribution >= 0.6 is 0 Å². The van der Waals surface area contributed by atoms with Crippen LogP contribution in [0, 0.1) is 0 Å². The minimum absolute atomic E-state index is 0.124. The lowest BCUT2D eigenvalue weighted by molar-refractivity contribution is -0.137. The van der Waals surface area contributed by atoms with Crippen molar-refractivity contribution in [1.82, 2.24) is 5.32 Å². The minimum atomic E-state index is -4.29. The Kier molecular flexibility index (Phi) is 5.94. The lowest BCUT2D eigenvalue weighted by Crippen LogP contribution is -2.21. The van der Waals surface area contributed by atoms with Crippen LogP contribution in [-0.4, -0.2) is 6.54 Å². The molecule has 0 fully saturated rings. The topological polar surface area (TPSA) is 12.0 Å². The molecule has 0 aliphatic rings. The quantitative estimate of drug-likeness (QED) is 0.709. The molecule has 2 aromatic rings. The predicted molar refractivity (Wildman–Crippen MR) is 96.7 cm³/mol. The van der Waals surface area contributed by atoms with Gasteiger partial charge >= 0.3 is 6.18 Å². The van der Waals surface area contributed by atoms with E-state index in [-0.39, 0.29) is 11.5 Å². The number of rotatable bonds is 5. The molecule has 1 N–H and O–H groups in total. The molecule has 0 amide bonds. The lowest BCUT2D eigenvalue weighted by Gasteiger charge is -2.21. The van der Waals surface area contributed by atoms with Crippen LogP contribution in [-0.2, 0) is 18.0 Å². The Morgan fingerprint density at radius 1 is 0.920 bits per heavy atom. The molecule has 0 aliphatic heterocycles. The highest BCUT2D eigenvalue weighted by Gasteiger charge is 2.30. The largest absolute Gasteiger partial charge is 0.416 e. The zero-order chi connectivity index (χ0) is 18.7. The zero-order valence-corrected chi connectivity index (χ0v) is 15.2. The van der Waals surface area contributed by atoms with Gasteiger partial charge < -0.3 is 5.32 Å². The molecule has 136 valence electrons. The summed E-state index contributed by atoms with van der Waals surface area (Å²) >= 11 is 0. The fourth-order valence-corrected chi connectivity index (χ4v) is 2.73. The summed E-state index contributed by atoms with van der Waals surface area (Å²) in [7, 11) is 0. The third-order valence-corrected chi connectivity index (χ3v) is 4.40. The Hall–Kier alpha value is -1.81. The maximum Gasteiger partial charge on any atom is 0.416 e. The van der Waals surface area contributed by atoms with Gasteiger partial charge in [-0.25, -0.2) is 0 Å². The van der Waals surface area contributed by atoms with E-state index in [9.17, 15) is 13.2 Å². The van der Waals surface area contributed by atoms with E-state index < -0.39 is 11.7 Å². The van der Waals surface area contributed by atoms with Crippen LogP contribution < -0.4 is 5.32 Å². The van der Waals surface area contributed by atoms with Crippen LogP contribution in [0.5, 0.6) is 0 Å². The molecule has 0 aromatic heterocycles. The van der Waals surface area contributed by atoms with E-state index in [1.807, 2.05) is 0 Å². The van der Waals surface area contributed by atoms with Gasteiger partial charge in [-0.15, -0.1) is 0 Å². The molecule has 4 heteroatoms. The van der Waals surface area contributed by atoms with E-state index >= 15 is 0 Å². The van der Waals surface area contributed by atoms with E-state index in [1.165, 1.54) is 23.3 Å². The second-order valence-electron chi connectivity index (χ2n) is 7.50. The van der Waals surface area contributed by atoms with Crippen molar-refractivity contribution in [2.24, 2.45) is 0 Å². The molecule has 0 radical (unpaired) electrons. The number of nitrogens with one attached hydrogen (secondary N) is 1. The normalized spacial score (nSPS) is 13.7. The molecule has 0 heterocycles. The Bertz CT molecular complexity index is 682. The van der Waals surface area contributed by atoms with E-state index in [0.29, 0.717) is 18.5 Å². The molecule has 2 rings (SSSR count). The van der Waals surface area contributed by atoms with Crippen molar-refractivity contribution in [3.63, 3.8) is 0 Å². The Labute approximate surface area is 148 Å². The standard InChI is InChI=1S/C21H26F3N/c1-15(17-8-10-18(11-9-17)20(2,3)4)25-13-12-16-6-5-7-19(14-16)21(22,23)24/h5-11,14-15,25H,12-13H2,1-4H3. The highest BCUT2D eigenvalue weighted by Crippen LogP contribution is 2.29. The summed E-state index contributed by atoms with van der Waals surface area (Å²) < 4.78 is 38.2. The van der Waals surface area contributed by atoms with Crippen LogP contribution in [0.3, 0.4) is 0 Å². The highest BCUT2D eigenvalue weighted by atomic mass is 19.4. The van der Waals surface area contributed by atoms with Crippen LogP contribution in [0.2, 0.25) is 0 Å². The van der Waals surface area contributed by atoms with Crippen molar-refractivity contribution in [1.29, 1.82) is 0 Å². The fraction of sp³-hybridized carbons (Fsp3) is 0.429. The minimum Gasteiger partial charge on any atom is -0.310 e. The van der Waals surface area contributed by atoms with Gasteiger partial charge in [0.15, 0.2) is 0 Å². The third kappa shape index (κ3) is 5.60. The third-order valence-electron chi connectivity index (χ3n) is 4.40. The summed E-state index contributed by atoms with van der Waals surface area (Å²) in [5.41, 5.74) is 2.69. The summed E-state index contributed by atoms with van der Waals surface area (Å²) in [6.07, 6.45) is -3.72. The molecular formula is C21H26F3N. The summed E-state index contributed by atoms with van der Waals surface area (Å²) in [6, 6.07) is 14.2. The molecule has 1 unspecified atom stereocenters. The van der Waals surface area contributed by atoms with Gasteiger partial charge in [0, 0.05) is 6.04 Å². The van der Waals surface area contributed by atoms with Gasteiger partial charge in [-0.3, -0.25) is 0 Å². The van der Waals surface area contributed by atoms with Crippen LogP contribution in [0.15, 0.2) is 48.5 Å². The van der Waals surface area contributed by atoms with E-state index in [4.69, 9.17) is 0 Å². The first-order valence-electron chi connectivity index (χ1n) is 8.57. The van der Waals surface area contributed by atoms with Crippen molar-refractivity contribution >= 4 is 0 Å². The summed E-state index contributed by atoms with van der Waals surface area (Å²) in [5, 5.41) is 3.38. The van der Waals surface area contributed by atoms with E-state index in [0.717, 1.165) is 6.07 Å². The van der Waals surface area contributed by atoms with Gasteiger partial charge in [-0.1, -0.05) is 63.2 Å². The summed E-state index contributed by atoms with van der Waals surface area (Å²) in [4.78, 5) is 0. The average Bonchev–Trinajstić information content (AvgIpc) is 2.53. The van der Waals surface area contributed by atoms with Crippen LogP contribution in [0.25, 0.3) is 0 Å². The van der Waals surface area contributed by atoms with Gasteiger partial charge in [-0.05, 0) is 48.1 Å². The number of halogens is 3. The molecule has 1 atom stereocenters. The Morgan fingerprint density at radius 2 is 1.56 bits per heavy atom. The predicted octanol–water partition coefficient (Wildman–Crippen LogP) is 5.90. The molecule has 2 aromatic carbocycles. The van der Waals surface area contributed by atoms with Crippen molar-refractivity contribution in [2.45, 2.75) is 51.7 Å². The molecular weight excluding hydrogens is 323 g/mol.